The molecule has 1 heterocycles. The Hall–Kier alpha value is -0.760. The van der Waals surface area contributed by atoms with Gasteiger partial charge in [-0.1, -0.05) is 0 Å². The van der Waals surface area contributed by atoms with Crippen LogP contribution < -0.4 is 5.63 Å². The highest BCUT2D eigenvalue weighted by Crippen LogP contribution is 1.94. The van der Waals surface area contributed by atoms with Crippen LogP contribution in [0.4, 0.5) is 0 Å². The minimum absolute atomic E-state index is 0.211. The first-order valence-corrected chi connectivity index (χ1v) is 3.00. The quantitative estimate of drug-likeness (QED) is 0.558. The number of halogens is 1. The van der Waals surface area contributed by atoms with Crippen LogP contribution in [0.2, 0.25) is 0 Å². The molecule has 3 heteroatoms. The number of alkyl halides is 1. The van der Waals surface area contributed by atoms with Crippen LogP contribution in [-0.2, 0) is 5.88 Å². The summed E-state index contributed by atoms with van der Waals surface area (Å²) >= 11 is 5.37. The number of hydrogen-bond acceptors (Lipinski definition) is 2. The Morgan fingerprint density at radius 3 is 2.89 bits per heavy atom. The molecule has 0 fully saturated rings. The summed E-state index contributed by atoms with van der Waals surface area (Å²) in [7, 11) is 0. The zero-order valence-corrected chi connectivity index (χ0v) is 5.39. The lowest BCUT2D eigenvalue weighted by atomic mass is 10.3. The van der Waals surface area contributed by atoms with Crippen molar-refractivity contribution in [1.82, 2.24) is 0 Å². The Bertz CT molecular complexity index is 241. The molecule has 0 saturated carbocycles. The third-order valence-electron chi connectivity index (χ3n) is 0.957. The van der Waals surface area contributed by atoms with Crippen LogP contribution in [0.3, 0.4) is 0 Å². The van der Waals surface area contributed by atoms with E-state index in [-0.39, 0.29) is 11.5 Å². The Balaban J connectivity index is 3.16. The summed E-state index contributed by atoms with van der Waals surface area (Å²) in [6.45, 7) is 0. The average molecular weight is 145 g/mol. The summed E-state index contributed by atoms with van der Waals surface area (Å²) in [4.78, 5) is 10.6. The van der Waals surface area contributed by atoms with E-state index >= 15 is 0 Å². The molecule has 1 rings (SSSR count). The standard InChI is InChI=1S/C6H5ClO2/c7-4-5-2-1-3-9-6(5)8/h1-3H,4H2. The van der Waals surface area contributed by atoms with Crippen molar-refractivity contribution in [3.05, 3.63) is 34.4 Å². The first-order chi connectivity index (χ1) is 4.34. The lowest BCUT2D eigenvalue weighted by Gasteiger charge is -1.86. The molecule has 0 aliphatic heterocycles. The molecule has 0 bridgehead atoms. The van der Waals surface area contributed by atoms with Crippen LogP contribution >= 0.6 is 11.6 Å². The summed E-state index contributed by atoms with van der Waals surface area (Å²) in [6.07, 6.45) is 1.33. The molecule has 1 aromatic rings. The van der Waals surface area contributed by atoms with Crippen molar-refractivity contribution in [1.29, 1.82) is 0 Å². The second kappa shape index (κ2) is 2.69. The van der Waals surface area contributed by atoms with E-state index in [1.165, 1.54) is 6.26 Å². The van der Waals surface area contributed by atoms with E-state index in [1.807, 2.05) is 0 Å². The van der Waals surface area contributed by atoms with Crippen molar-refractivity contribution < 1.29 is 4.42 Å². The van der Waals surface area contributed by atoms with Gasteiger partial charge in [0.2, 0.25) is 0 Å². The molecule has 9 heavy (non-hydrogen) atoms. The van der Waals surface area contributed by atoms with Crippen LogP contribution in [0.15, 0.2) is 27.6 Å². The minimum Gasteiger partial charge on any atom is -0.431 e. The molecule has 2 nitrogen and oxygen atoms in total. The molecule has 0 spiro atoms. The lowest BCUT2D eigenvalue weighted by Crippen LogP contribution is -2.02. The minimum atomic E-state index is -0.354. The fourth-order valence-electron chi connectivity index (χ4n) is 0.499. The fraction of sp³-hybridized carbons (Fsp3) is 0.167. The molecule has 48 valence electrons. The van der Waals surface area contributed by atoms with Crippen molar-refractivity contribution in [3.63, 3.8) is 0 Å². The Morgan fingerprint density at radius 1 is 1.67 bits per heavy atom. The highest BCUT2D eigenvalue weighted by Gasteiger charge is 1.94. The van der Waals surface area contributed by atoms with Gasteiger partial charge >= 0.3 is 5.63 Å². The van der Waals surface area contributed by atoms with Gasteiger partial charge in [0.05, 0.1) is 17.7 Å². The predicted molar refractivity (Wildman–Crippen MR) is 34.5 cm³/mol. The second-order valence-corrected chi connectivity index (χ2v) is 1.83. The molecule has 0 radical (unpaired) electrons. The third kappa shape index (κ3) is 1.33. The van der Waals surface area contributed by atoms with Gasteiger partial charge in [-0.3, -0.25) is 0 Å². The molecule has 1 aromatic heterocycles. The SMILES string of the molecule is O=c1occcc1CCl. The van der Waals surface area contributed by atoms with Crippen molar-refractivity contribution in [2.45, 2.75) is 5.88 Å². The van der Waals surface area contributed by atoms with Gasteiger partial charge in [0.25, 0.3) is 0 Å². The lowest BCUT2D eigenvalue weighted by molar-refractivity contribution is 0.504. The summed E-state index contributed by atoms with van der Waals surface area (Å²) in [5.41, 5.74) is 0.145. The van der Waals surface area contributed by atoms with Gasteiger partial charge in [0.15, 0.2) is 0 Å². The van der Waals surface area contributed by atoms with Gasteiger partial charge in [-0.25, -0.2) is 4.79 Å². The van der Waals surface area contributed by atoms with Gasteiger partial charge < -0.3 is 4.42 Å². The smallest absolute Gasteiger partial charge is 0.340 e. The molecule has 0 N–H and O–H groups in total. The third-order valence-corrected chi connectivity index (χ3v) is 1.25. The van der Waals surface area contributed by atoms with Crippen LogP contribution in [-0.4, -0.2) is 0 Å². The largest absolute Gasteiger partial charge is 0.431 e. The molecular weight excluding hydrogens is 140 g/mol. The molecule has 0 aromatic carbocycles. The molecule has 0 saturated heterocycles. The predicted octanol–water partition coefficient (Wildman–Crippen LogP) is 1.38. The van der Waals surface area contributed by atoms with E-state index in [1.54, 1.807) is 12.1 Å². The Morgan fingerprint density at radius 2 is 2.44 bits per heavy atom. The molecule has 0 aliphatic rings. The van der Waals surface area contributed by atoms with Crippen molar-refractivity contribution in [3.8, 4) is 0 Å². The number of rotatable bonds is 1. The van der Waals surface area contributed by atoms with Crippen molar-refractivity contribution in [2.75, 3.05) is 0 Å². The molecular formula is C6H5ClO2. The Kier molecular flexibility index (Phi) is 1.90. The Labute approximate surface area is 57.1 Å². The van der Waals surface area contributed by atoms with Crippen molar-refractivity contribution in [2.24, 2.45) is 0 Å². The van der Waals surface area contributed by atoms with Gasteiger partial charge in [0.1, 0.15) is 0 Å². The van der Waals surface area contributed by atoms with Crippen LogP contribution in [0, 0.1) is 0 Å². The fourth-order valence-corrected chi connectivity index (χ4v) is 0.698. The maximum atomic E-state index is 10.6. The van der Waals surface area contributed by atoms with E-state index in [0.717, 1.165) is 0 Å². The maximum Gasteiger partial charge on any atom is 0.340 e. The number of hydrogen-bond donors (Lipinski definition) is 0. The summed E-state index contributed by atoms with van der Waals surface area (Å²) in [6, 6.07) is 3.28. The van der Waals surface area contributed by atoms with Gasteiger partial charge in [0, 0.05) is 0 Å². The highest BCUT2D eigenvalue weighted by molar-refractivity contribution is 6.17. The topological polar surface area (TPSA) is 30.2 Å². The van der Waals surface area contributed by atoms with E-state index in [2.05, 4.69) is 4.42 Å². The summed E-state index contributed by atoms with van der Waals surface area (Å²) < 4.78 is 4.51. The van der Waals surface area contributed by atoms with Gasteiger partial charge in [-0.15, -0.1) is 11.6 Å². The second-order valence-electron chi connectivity index (χ2n) is 1.56. The van der Waals surface area contributed by atoms with E-state index < -0.39 is 0 Å². The highest BCUT2D eigenvalue weighted by atomic mass is 35.5. The molecule has 0 amide bonds. The van der Waals surface area contributed by atoms with Crippen LogP contribution in [0.1, 0.15) is 5.56 Å². The van der Waals surface area contributed by atoms with Crippen LogP contribution in [0.25, 0.3) is 0 Å². The molecule has 0 atom stereocenters. The monoisotopic (exact) mass is 144 g/mol. The normalized spacial score (nSPS) is 9.44. The van der Waals surface area contributed by atoms with Crippen LogP contribution in [0.5, 0.6) is 0 Å². The average Bonchev–Trinajstić information content (AvgIpc) is 1.89. The summed E-state index contributed by atoms with van der Waals surface area (Å²) in [5, 5.41) is 0. The zero-order valence-electron chi connectivity index (χ0n) is 4.63. The van der Waals surface area contributed by atoms with E-state index in [4.69, 9.17) is 11.6 Å². The van der Waals surface area contributed by atoms with Crippen molar-refractivity contribution >= 4 is 11.6 Å². The first-order valence-electron chi connectivity index (χ1n) is 2.47. The first kappa shape index (κ1) is 6.36. The van der Waals surface area contributed by atoms with Gasteiger partial charge in [-0.2, -0.15) is 0 Å². The van der Waals surface area contributed by atoms with E-state index in [9.17, 15) is 4.79 Å². The zero-order chi connectivity index (χ0) is 6.69. The van der Waals surface area contributed by atoms with Gasteiger partial charge in [-0.05, 0) is 12.1 Å². The molecule has 0 unspecified atom stereocenters. The maximum absolute atomic E-state index is 10.6. The molecule has 0 aliphatic carbocycles. The van der Waals surface area contributed by atoms with E-state index in [0.29, 0.717) is 5.56 Å². The summed E-state index contributed by atoms with van der Waals surface area (Å²) in [5.74, 6) is 0.211.